The molecule has 66 valence electrons. The molecule has 7 heteroatoms. The molecular weight excluding hydrogens is 204 g/mol. The first-order valence-electron chi connectivity index (χ1n) is 2.84. The Morgan fingerprint density at radius 3 is 2.58 bits per heavy atom. The molecule has 12 heavy (non-hydrogen) atoms. The van der Waals surface area contributed by atoms with Crippen LogP contribution in [0.25, 0.3) is 0 Å². The SMILES string of the molecule is O=S(=O)(NO)c1ccc(Cl)nc1. The van der Waals surface area contributed by atoms with Gasteiger partial charge in [0.15, 0.2) is 0 Å². The van der Waals surface area contributed by atoms with Crippen LogP contribution in [0.15, 0.2) is 23.2 Å². The molecule has 0 fully saturated rings. The lowest BCUT2D eigenvalue weighted by Crippen LogP contribution is -2.19. The molecular formula is C5H5ClN2O3S. The molecule has 0 aliphatic heterocycles. The number of hydrogen-bond acceptors (Lipinski definition) is 4. The Kier molecular flexibility index (Phi) is 2.63. The zero-order chi connectivity index (χ0) is 9.19. The molecule has 5 nitrogen and oxygen atoms in total. The van der Waals surface area contributed by atoms with E-state index in [1.165, 1.54) is 17.0 Å². The number of pyridine rings is 1. The average molecular weight is 209 g/mol. The smallest absolute Gasteiger partial charge is 0.263 e. The van der Waals surface area contributed by atoms with Crippen molar-refractivity contribution in [1.29, 1.82) is 0 Å². The van der Waals surface area contributed by atoms with E-state index in [1.807, 2.05) is 0 Å². The molecule has 2 N–H and O–H groups in total. The van der Waals surface area contributed by atoms with Crippen LogP contribution in [0.4, 0.5) is 0 Å². The zero-order valence-corrected chi connectivity index (χ0v) is 7.30. The Hall–Kier alpha value is -0.690. The van der Waals surface area contributed by atoms with Crippen molar-refractivity contribution in [3.05, 3.63) is 23.5 Å². The monoisotopic (exact) mass is 208 g/mol. The summed E-state index contributed by atoms with van der Waals surface area (Å²) in [5.74, 6) is 0. The van der Waals surface area contributed by atoms with Gasteiger partial charge in [-0.1, -0.05) is 16.5 Å². The maximum absolute atomic E-state index is 10.9. The molecule has 1 aromatic heterocycles. The van der Waals surface area contributed by atoms with Crippen molar-refractivity contribution in [2.75, 3.05) is 0 Å². The summed E-state index contributed by atoms with van der Waals surface area (Å²) >= 11 is 5.42. The van der Waals surface area contributed by atoms with Gasteiger partial charge in [0.25, 0.3) is 10.0 Å². The number of hydrogen-bond donors (Lipinski definition) is 2. The van der Waals surface area contributed by atoms with Gasteiger partial charge >= 0.3 is 0 Å². The maximum Gasteiger partial charge on any atom is 0.263 e. The van der Waals surface area contributed by atoms with Crippen molar-refractivity contribution in [3.63, 3.8) is 0 Å². The predicted molar refractivity (Wildman–Crippen MR) is 41.4 cm³/mol. The van der Waals surface area contributed by atoms with E-state index in [4.69, 9.17) is 16.8 Å². The van der Waals surface area contributed by atoms with E-state index < -0.39 is 10.0 Å². The van der Waals surface area contributed by atoms with Gasteiger partial charge in [-0.15, -0.1) is 0 Å². The molecule has 1 rings (SSSR count). The van der Waals surface area contributed by atoms with Gasteiger partial charge in [0.2, 0.25) is 0 Å². The number of nitrogens with one attached hydrogen (secondary N) is 1. The lowest BCUT2D eigenvalue weighted by atomic mass is 10.5. The molecule has 0 aliphatic rings. The molecule has 0 spiro atoms. The molecule has 0 radical (unpaired) electrons. The third-order valence-corrected chi connectivity index (χ3v) is 2.46. The van der Waals surface area contributed by atoms with E-state index in [0.29, 0.717) is 0 Å². The number of halogens is 1. The van der Waals surface area contributed by atoms with Gasteiger partial charge in [0.1, 0.15) is 10.0 Å². The average Bonchev–Trinajstić information content (AvgIpc) is 2.05. The molecule has 0 atom stereocenters. The minimum absolute atomic E-state index is 0.144. The summed E-state index contributed by atoms with van der Waals surface area (Å²) in [5, 5.41) is 8.40. The van der Waals surface area contributed by atoms with Crippen LogP contribution in [0.5, 0.6) is 0 Å². The molecule has 0 amide bonds. The van der Waals surface area contributed by atoms with Gasteiger partial charge in [-0.3, -0.25) is 0 Å². The number of rotatable bonds is 2. The summed E-state index contributed by atoms with van der Waals surface area (Å²) < 4.78 is 21.7. The predicted octanol–water partition coefficient (Wildman–Crippen LogP) is 0.403. The Morgan fingerprint density at radius 2 is 2.17 bits per heavy atom. The fraction of sp³-hybridized carbons (Fsp3) is 0. The molecule has 1 heterocycles. The largest absolute Gasteiger partial charge is 0.302 e. The lowest BCUT2D eigenvalue weighted by Gasteiger charge is -1.99. The van der Waals surface area contributed by atoms with Crippen LogP contribution in [-0.2, 0) is 10.0 Å². The summed E-state index contributed by atoms with van der Waals surface area (Å²) in [6.45, 7) is 0. The third kappa shape index (κ3) is 1.92. The number of nitrogens with zero attached hydrogens (tertiary/aromatic N) is 1. The maximum atomic E-state index is 10.9. The van der Waals surface area contributed by atoms with Crippen molar-refractivity contribution >= 4 is 21.6 Å². The van der Waals surface area contributed by atoms with E-state index in [9.17, 15) is 8.42 Å². The minimum Gasteiger partial charge on any atom is -0.302 e. The summed E-state index contributed by atoms with van der Waals surface area (Å²) in [6, 6.07) is 2.54. The van der Waals surface area contributed by atoms with Crippen LogP contribution in [0.2, 0.25) is 5.15 Å². The second-order valence-electron chi connectivity index (χ2n) is 1.91. The highest BCUT2D eigenvalue weighted by molar-refractivity contribution is 7.89. The molecule has 0 saturated heterocycles. The zero-order valence-electron chi connectivity index (χ0n) is 5.73. The Bertz CT molecular complexity index is 361. The van der Waals surface area contributed by atoms with Gasteiger partial charge in [0.05, 0.1) is 0 Å². The fourth-order valence-corrected chi connectivity index (χ4v) is 1.23. The highest BCUT2D eigenvalue weighted by Gasteiger charge is 2.11. The lowest BCUT2D eigenvalue weighted by molar-refractivity contribution is 0.242. The van der Waals surface area contributed by atoms with Gasteiger partial charge in [-0.2, -0.15) is 0 Å². The van der Waals surface area contributed by atoms with Crippen molar-refractivity contribution in [2.24, 2.45) is 0 Å². The van der Waals surface area contributed by atoms with Crippen LogP contribution in [0.1, 0.15) is 0 Å². The Balaban J connectivity index is 3.14. The summed E-state index contributed by atoms with van der Waals surface area (Å²) in [5.41, 5.74) is 0. The van der Waals surface area contributed by atoms with E-state index >= 15 is 0 Å². The minimum atomic E-state index is -3.83. The van der Waals surface area contributed by atoms with Crippen LogP contribution in [-0.4, -0.2) is 18.6 Å². The first-order chi connectivity index (χ1) is 5.56. The van der Waals surface area contributed by atoms with E-state index in [2.05, 4.69) is 4.98 Å². The van der Waals surface area contributed by atoms with Crippen molar-refractivity contribution in [1.82, 2.24) is 9.87 Å². The van der Waals surface area contributed by atoms with E-state index in [0.717, 1.165) is 6.20 Å². The highest BCUT2D eigenvalue weighted by atomic mass is 35.5. The molecule has 0 bridgehead atoms. The summed E-state index contributed by atoms with van der Waals surface area (Å²) in [4.78, 5) is 4.55. The topological polar surface area (TPSA) is 79.3 Å². The van der Waals surface area contributed by atoms with Crippen LogP contribution in [0, 0.1) is 0 Å². The first-order valence-corrected chi connectivity index (χ1v) is 4.70. The fourth-order valence-electron chi connectivity index (χ4n) is 0.574. The summed E-state index contributed by atoms with van der Waals surface area (Å²) in [7, 11) is -3.83. The second-order valence-corrected chi connectivity index (χ2v) is 3.96. The molecule has 0 aromatic carbocycles. The first kappa shape index (κ1) is 9.40. The highest BCUT2D eigenvalue weighted by Crippen LogP contribution is 2.09. The van der Waals surface area contributed by atoms with Crippen LogP contribution in [0.3, 0.4) is 0 Å². The van der Waals surface area contributed by atoms with Crippen LogP contribution < -0.4 is 4.89 Å². The number of sulfonamides is 1. The van der Waals surface area contributed by atoms with Gasteiger partial charge in [0, 0.05) is 6.20 Å². The van der Waals surface area contributed by atoms with Crippen molar-refractivity contribution in [3.8, 4) is 0 Å². The quantitative estimate of drug-likeness (QED) is 0.545. The Morgan fingerprint density at radius 1 is 1.50 bits per heavy atom. The van der Waals surface area contributed by atoms with Crippen LogP contribution >= 0.6 is 11.6 Å². The molecule has 1 aromatic rings. The second kappa shape index (κ2) is 3.36. The normalized spacial score (nSPS) is 11.5. The standard InChI is InChI=1S/C5H5ClN2O3S/c6-5-2-1-4(3-7-5)12(10,11)8-9/h1-3,8-9H. The van der Waals surface area contributed by atoms with E-state index in [-0.39, 0.29) is 10.0 Å². The van der Waals surface area contributed by atoms with Crippen molar-refractivity contribution in [2.45, 2.75) is 4.90 Å². The van der Waals surface area contributed by atoms with Gasteiger partial charge in [-0.05, 0) is 12.1 Å². The van der Waals surface area contributed by atoms with Gasteiger partial charge in [-0.25, -0.2) is 13.4 Å². The van der Waals surface area contributed by atoms with E-state index in [1.54, 1.807) is 0 Å². The summed E-state index contributed by atoms with van der Waals surface area (Å²) in [6.07, 6.45) is 1.04. The number of aromatic nitrogens is 1. The molecule has 0 unspecified atom stereocenters. The van der Waals surface area contributed by atoms with Crippen molar-refractivity contribution < 1.29 is 13.6 Å². The third-order valence-electron chi connectivity index (χ3n) is 1.13. The molecule has 0 saturated carbocycles. The Labute approximate surface area is 74.0 Å². The molecule has 0 aliphatic carbocycles. The van der Waals surface area contributed by atoms with Gasteiger partial charge < -0.3 is 5.21 Å².